The Hall–Kier alpha value is -4.46. The number of carbonyl (C=O) groups excluding carboxylic acids is 1. The molecule has 1 aliphatic heterocycles. The van der Waals surface area contributed by atoms with Crippen LogP contribution in [0.1, 0.15) is 22.3 Å². The number of nitrogens with zero attached hydrogens (tertiary/aromatic N) is 3. The lowest BCUT2D eigenvalue weighted by atomic mass is 10.1. The maximum Gasteiger partial charge on any atom is 0.266 e. The van der Waals surface area contributed by atoms with Crippen molar-refractivity contribution in [2.45, 2.75) is 20.1 Å². The summed E-state index contributed by atoms with van der Waals surface area (Å²) in [7, 11) is 0. The summed E-state index contributed by atoms with van der Waals surface area (Å²) in [6.07, 6.45) is 3.85. The molecule has 6 rings (SSSR count). The second kappa shape index (κ2) is 12.0. The van der Waals surface area contributed by atoms with Gasteiger partial charge in [-0.05, 0) is 48.4 Å². The van der Waals surface area contributed by atoms with E-state index in [1.54, 1.807) is 4.90 Å². The molecular weight excluding hydrogens is 547 g/mol. The molecule has 1 amide bonds. The molecule has 0 spiro atoms. The Labute approximate surface area is 249 Å². The fourth-order valence-electron chi connectivity index (χ4n) is 4.56. The molecule has 2 heterocycles. The third-order valence-corrected chi connectivity index (χ3v) is 8.12. The van der Waals surface area contributed by atoms with Crippen LogP contribution in [0.5, 0.6) is 5.75 Å². The van der Waals surface area contributed by atoms with E-state index in [1.807, 2.05) is 102 Å². The zero-order chi connectivity index (χ0) is 28.2. The number of hydrogen-bond donors (Lipinski definition) is 0. The van der Waals surface area contributed by atoms with E-state index in [2.05, 4.69) is 31.2 Å². The molecule has 41 heavy (non-hydrogen) atoms. The lowest BCUT2D eigenvalue weighted by Gasteiger charge is -2.14. The summed E-state index contributed by atoms with van der Waals surface area (Å²) in [5.41, 5.74) is 6.75. The van der Waals surface area contributed by atoms with Crippen molar-refractivity contribution in [2.24, 2.45) is 0 Å². The summed E-state index contributed by atoms with van der Waals surface area (Å²) < 4.78 is 8.52. The molecule has 0 radical (unpaired) electrons. The largest absolute Gasteiger partial charge is 0.489 e. The summed E-state index contributed by atoms with van der Waals surface area (Å²) in [5, 5.41) is 4.94. The molecule has 1 saturated heterocycles. The molecule has 1 aromatic heterocycles. The Balaban J connectivity index is 1.32. The highest BCUT2D eigenvalue weighted by Gasteiger charge is 2.32. The van der Waals surface area contributed by atoms with Crippen molar-refractivity contribution < 1.29 is 9.53 Å². The van der Waals surface area contributed by atoms with Gasteiger partial charge in [-0.25, -0.2) is 4.68 Å². The van der Waals surface area contributed by atoms with Crippen molar-refractivity contribution in [3.8, 4) is 22.7 Å². The number of benzene rings is 4. The first-order valence-electron chi connectivity index (χ1n) is 13.3. The van der Waals surface area contributed by atoms with E-state index in [4.69, 9.17) is 22.1 Å². The van der Waals surface area contributed by atoms with E-state index < -0.39 is 0 Å². The molecule has 7 heteroatoms. The Bertz CT molecular complexity index is 1730. The highest BCUT2D eigenvalue weighted by Crippen LogP contribution is 2.36. The van der Waals surface area contributed by atoms with Gasteiger partial charge in [-0.3, -0.25) is 9.69 Å². The number of ether oxygens (including phenoxy) is 1. The molecule has 1 fully saturated rings. The Morgan fingerprint density at radius 3 is 2.37 bits per heavy atom. The van der Waals surface area contributed by atoms with E-state index in [9.17, 15) is 4.79 Å². The first-order chi connectivity index (χ1) is 20.0. The lowest BCUT2D eigenvalue weighted by Crippen LogP contribution is -2.27. The van der Waals surface area contributed by atoms with Crippen molar-refractivity contribution >= 4 is 40.3 Å². The predicted octanol–water partition coefficient (Wildman–Crippen LogP) is 7.83. The fraction of sp³-hybridized carbons (Fsp3) is 0.0882. The van der Waals surface area contributed by atoms with Gasteiger partial charge in [0.05, 0.1) is 17.1 Å². The summed E-state index contributed by atoms with van der Waals surface area (Å²) in [4.78, 5) is 15.7. The smallest absolute Gasteiger partial charge is 0.266 e. The minimum atomic E-state index is -0.0996. The molecule has 0 bridgehead atoms. The maximum atomic E-state index is 13.4. The van der Waals surface area contributed by atoms with Gasteiger partial charge in [0.2, 0.25) is 0 Å². The van der Waals surface area contributed by atoms with Crippen molar-refractivity contribution in [3.05, 3.63) is 143 Å². The topological polar surface area (TPSA) is 47.4 Å². The molecule has 0 atom stereocenters. The number of aromatic nitrogens is 2. The number of thiocarbonyl (C=S) groups is 1. The molecule has 0 N–H and O–H groups in total. The molecule has 0 unspecified atom stereocenters. The predicted molar refractivity (Wildman–Crippen MR) is 170 cm³/mol. The Morgan fingerprint density at radius 1 is 0.878 bits per heavy atom. The highest BCUT2D eigenvalue weighted by atomic mass is 32.2. The summed E-state index contributed by atoms with van der Waals surface area (Å²) in [6, 6.07) is 36.0. The van der Waals surface area contributed by atoms with Crippen LogP contribution in [0, 0.1) is 6.92 Å². The van der Waals surface area contributed by atoms with Gasteiger partial charge in [0.1, 0.15) is 22.4 Å². The fourth-order valence-corrected chi connectivity index (χ4v) is 5.80. The van der Waals surface area contributed by atoms with E-state index in [1.165, 1.54) is 17.3 Å². The molecule has 202 valence electrons. The number of carbonyl (C=O) groups is 1. The molecule has 0 aliphatic carbocycles. The molecule has 4 aromatic carbocycles. The summed E-state index contributed by atoms with van der Waals surface area (Å²) in [6.45, 7) is 2.99. The lowest BCUT2D eigenvalue weighted by molar-refractivity contribution is -0.122. The molecule has 5 nitrogen and oxygen atoms in total. The van der Waals surface area contributed by atoms with E-state index in [0.29, 0.717) is 22.4 Å². The van der Waals surface area contributed by atoms with Crippen LogP contribution in [-0.4, -0.2) is 24.9 Å². The second-order valence-corrected chi connectivity index (χ2v) is 11.4. The van der Waals surface area contributed by atoms with E-state index in [0.717, 1.165) is 39.4 Å². The first-order valence-corrected chi connectivity index (χ1v) is 14.5. The number of rotatable bonds is 8. The van der Waals surface area contributed by atoms with Crippen molar-refractivity contribution in [3.63, 3.8) is 0 Å². The van der Waals surface area contributed by atoms with Gasteiger partial charge in [0, 0.05) is 17.3 Å². The minimum absolute atomic E-state index is 0.0996. The van der Waals surface area contributed by atoms with E-state index in [-0.39, 0.29) is 5.91 Å². The first kappa shape index (κ1) is 26.7. The normalized spacial score (nSPS) is 14.2. The summed E-state index contributed by atoms with van der Waals surface area (Å²) in [5.74, 6) is 0.648. The van der Waals surface area contributed by atoms with Gasteiger partial charge in [-0.1, -0.05) is 114 Å². The molecule has 0 saturated carbocycles. The monoisotopic (exact) mass is 573 g/mol. The third kappa shape index (κ3) is 6.16. The molecule has 1 aliphatic rings. The average Bonchev–Trinajstić information content (AvgIpc) is 3.54. The van der Waals surface area contributed by atoms with Crippen LogP contribution in [0.2, 0.25) is 0 Å². The van der Waals surface area contributed by atoms with Gasteiger partial charge in [-0.2, -0.15) is 5.10 Å². The van der Waals surface area contributed by atoms with Crippen LogP contribution in [-0.2, 0) is 17.9 Å². The number of para-hydroxylation sites is 1. The van der Waals surface area contributed by atoms with Crippen LogP contribution >= 0.6 is 24.0 Å². The zero-order valence-corrected chi connectivity index (χ0v) is 24.1. The number of hydrogen-bond acceptors (Lipinski definition) is 5. The van der Waals surface area contributed by atoms with Gasteiger partial charge < -0.3 is 4.74 Å². The maximum absolute atomic E-state index is 13.4. The average molecular weight is 574 g/mol. The second-order valence-electron chi connectivity index (χ2n) is 9.77. The standard InChI is InChI=1S/C34H27N3O2S2/c1-24-15-17-26(18-16-24)23-39-30-14-8-11-27(19-30)32-28(22-37(35-32)29-12-6-3-7-13-29)20-31-33(38)36(34(40)41-31)21-25-9-4-2-5-10-25/h2-20,22H,21,23H2,1H3/b31-20-. The van der Waals surface area contributed by atoms with Gasteiger partial charge in [0.25, 0.3) is 5.91 Å². The highest BCUT2D eigenvalue weighted by molar-refractivity contribution is 8.26. The van der Waals surface area contributed by atoms with Crippen LogP contribution in [0.4, 0.5) is 0 Å². The van der Waals surface area contributed by atoms with Crippen LogP contribution < -0.4 is 4.74 Å². The Morgan fingerprint density at radius 2 is 1.61 bits per heavy atom. The van der Waals surface area contributed by atoms with Crippen molar-refractivity contribution in [2.75, 3.05) is 0 Å². The third-order valence-electron chi connectivity index (χ3n) is 6.74. The molecular formula is C34H27N3O2S2. The number of thioether (sulfide) groups is 1. The van der Waals surface area contributed by atoms with E-state index >= 15 is 0 Å². The van der Waals surface area contributed by atoms with Crippen molar-refractivity contribution in [1.82, 2.24) is 14.7 Å². The quantitative estimate of drug-likeness (QED) is 0.140. The van der Waals surface area contributed by atoms with Gasteiger partial charge in [-0.15, -0.1) is 0 Å². The SMILES string of the molecule is Cc1ccc(COc2cccc(-c3nn(-c4ccccc4)cc3/C=C3\SC(=S)N(Cc4ccccc4)C3=O)c2)cc1. The van der Waals surface area contributed by atoms with Crippen LogP contribution in [0.15, 0.2) is 120 Å². The van der Waals surface area contributed by atoms with Gasteiger partial charge in [0.15, 0.2) is 0 Å². The number of aryl methyl sites for hydroxylation is 1. The Kier molecular flexibility index (Phi) is 7.80. The van der Waals surface area contributed by atoms with Crippen LogP contribution in [0.25, 0.3) is 23.0 Å². The van der Waals surface area contributed by atoms with Gasteiger partial charge >= 0.3 is 0 Å². The summed E-state index contributed by atoms with van der Waals surface area (Å²) >= 11 is 6.92. The number of amides is 1. The molecule has 5 aromatic rings. The zero-order valence-electron chi connectivity index (χ0n) is 22.4. The van der Waals surface area contributed by atoms with Crippen LogP contribution in [0.3, 0.4) is 0 Å². The van der Waals surface area contributed by atoms with Crippen molar-refractivity contribution in [1.29, 1.82) is 0 Å². The minimum Gasteiger partial charge on any atom is -0.489 e.